The standard InChI is InChI=1S/C19H22ClNO3/c1-13-7-4-8-14(2)18(13)24-12-6-11-21-17-15(19(22)23-3)9-5-10-16(17)20/h4-5,7-10,21H,6,11-12H2,1-3H3. The molecule has 0 aromatic heterocycles. The SMILES string of the molecule is COC(=O)c1cccc(Cl)c1NCCCOc1c(C)cccc1C. The third-order valence-electron chi connectivity index (χ3n) is 3.70. The molecule has 0 spiro atoms. The second-order valence-electron chi connectivity index (χ2n) is 5.50. The number of nitrogens with one attached hydrogen (secondary N) is 1. The molecule has 0 saturated carbocycles. The minimum atomic E-state index is -0.410. The number of anilines is 1. The van der Waals surface area contributed by atoms with E-state index in [1.807, 2.05) is 32.0 Å². The zero-order valence-electron chi connectivity index (χ0n) is 14.2. The van der Waals surface area contributed by atoms with Crippen LogP contribution in [0.2, 0.25) is 5.02 Å². The van der Waals surface area contributed by atoms with E-state index < -0.39 is 5.97 Å². The minimum Gasteiger partial charge on any atom is -0.493 e. The van der Waals surface area contributed by atoms with Crippen molar-refractivity contribution >= 4 is 23.3 Å². The molecule has 5 heteroatoms. The van der Waals surface area contributed by atoms with Crippen LogP contribution >= 0.6 is 11.6 Å². The molecule has 2 aromatic carbocycles. The van der Waals surface area contributed by atoms with Crippen LogP contribution in [0.1, 0.15) is 27.9 Å². The molecule has 0 unspecified atom stereocenters. The number of rotatable bonds is 7. The number of benzene rings is 2. The van der Waals surface area contributed by atoms with Crippen molar-refractivity contribution in [3.05, 3.63) is 58.1 Å². The Morgan fingerprint density at radius 2 is 1.79 bits per heavy atom. The molecule has 0 heterocycles. The fourth-order valence-electron chi connectivity index (χ4n) is 2.47. The monoisotopic (exact) mass is 347 g/mol. The highest BCUT2D eigenvalue weighted by Gasteiger charge is 2.14. The first-order chi connectivity index (χ1) is 11.5. The maximum absolute atomic E-state index is 11.8. The van der Waals surface area contributed by atoms with Crippen LogP contribution in [0.4, 0.5) is 5.69 Å². The van der Waals surface area contributed by atoms with Crippen LogP contribution in [0.5, 0.6) is 5.75 Å². The number of hydrogen-bond donors (Lipinski definition) is 1. The van der Waals surface area contributed by atoms with Crippen LogP contribution in [-0.2, 0) is 4.74 Å². The number of hydrogen-bond acceptors (Lipinski definition) is 4. The summed E-state index contributed by atoms with van der Waals surface area (Å²) >= 11 is 6.18. The highest BCUT2D eigenvalue weighted by Crippen LogP contribution is 2.27. The second kappa shape index (κ2) is 8.60. The number of para-hydroxylation sites is 2. The molecule has 0 atom stereocenters. The fraction of sp³-hybridized carbons (Fsp3) is 0.316. The highest BCUT2D eigenvalue weighted by molar-refractivity contribution is 6.34. The van der Waals surface area contributed by atoms with Crippen molar-refractivity contribution in [2.45, 2.75) is 20.3 Å². The topological polar surface area (TPSA) is 47.6 Å². The van der Waals surface area contributed by atoms with E-state index in [0.29, 0.717) is 29.4 Å². The van der Waals surface area contributed by atoms with Crippen LogP contribution in [0.25, 0.3) is 0 Å². The van der Waals surface area contributed by atoms with Crippen molar-refractivity contribution in [3.8, 4) is 5.75 Å². The number of methoxy groups -OCH3 is 1. The molecular weight excluding hydrogens is 326 g/mol. The van der Waals surface area contributed by atoms with Gasteiger partial charge in [-0.1, -0.05) is 35.9 Å². The molecule has 0 saturated heterocycles. The van der Waals surface area contributed by atoms with Crippen LogP contribution in [0, 0.1) is 13.8 Å². The van der Waals surface area contributed by atoms with Gasteiger partial charge in [-0.05, 0) is 43.5 Å². The Labute approximate surface area is 147 Å². The number of aryl methyl sites for hydroxylation is 2. The van der Waals surface area contributed by atoms with E-state index in [2.05, 4.69) is 5.32 Å². The third kappa shape index (κ3) is 4.42. The Morgan fingerprint density at radius 1 is 1.12 bits per heavy atom. The first kappa shape index (κ1) is 18.1. The number of esters is 1. The molecule has 0 fully saturated rings. The first-order valence-electron chi connectivity index (χ1n) is 7.84. The second-order valence-corrected chi connectivity index (χ2v) is 5.91. The lowest BCUT2D eigenvalue weighted by atomic mass is 10.1. The number of carbonyl (C=O) groups is 1. The average Bonchev–Trinajstić information content (AvgIpc) is 2.57. The molecule has 0 aliphatic heterocycles. The smallest absolute Gasteiger partial charge is 0.340 e. The van der Waals surface area contributed by atoms with Crippen molar-refractivity contribution in [1.29, 1.82) is 0 Å². The van der Waals surface area contributed by atoms with Gasteiger partial charge in [-0.2, -0.15) is 0 Å². The van der Waals surface area contributed by atoms with Gasteiger partial charge in [0.25, 0.3) is 0 Å². The van der Waals surface area contributed by atoms with Crippen molar-refractivity contribution in [1.82, 2.24) is 0 Å². The Kier molecular flexibility index (Phi) is 6.50. The summed E-state index contributed by atoms with van der Waals surface area (Å²) in [6.45, 7) is 5.29. The summed E-state index contributed by atoms with van der Waals surface area (Å²) in [5.74, 6) is 0.525. The summed E-state index contributed by atoms with van der Waals surface area (Å²) < 4.78 is 10.7. The van der Waals surface area contributed by atoms with E-state index in [9.17, 15) is 4.79 Å². The molecule has 0 radical (unpaired) electrons. The van der Waals surface area contributed by atoms with Gasteiger partial charge in [0.1, 0.15) is 5.75 Å². The fourth-order valence-corrected chi connectivity index (χ4v) is 2.71. The quantitative estimate of drug-likeness (QED) is 0.586. The van der Waals surface area contributed by atoms with Crippen LogP contribution < -0.4 is 10.1 Å². The van der Waals surface area contributed by atoms with Crippen LogP contribution in [0.15, 0.2) is 36.4 Å². The first-order valence-corrected chi connectivity index (χ1v) is 8.22. The lowest BCUT2D eigenvalue weighted by molar-refractivity contribution is 0.0602. The van der Waals surface area contributed by atoms with Gasteiger partial charge in [-0.25, -0.2) is 4.79 Å². The normalized spacial score (nSPS) is 10.3. The zero-order valence-corrected chi connectivity index (χ0v) is 14.9. The summed E-state index contributed by atoms with van der Waals surface area (Å²) in [7, 11) is 1.35. The number of halogens is 1. The van der Waals surface area contributed by atoms with E-state index in [-0.39, 0.29) is 0 Å². The third-order valence-corrected chi connectivity index (χ3v) is 4.01. The summed E-state index contributed by atoms with van der Waals surface area (Å²) in [4.78, 5) is 11.8. The Balaban J connectivity index is 1.90. The molecule has 0 amide bonds. The Hall–Kier alpha value is -2.20. The van der Waals surface area contributed by atoms with Crippen molar-refractivity contribution in [3.63, 3.8) is 0 Å². The largest absolute Gasteiger partial charge is 0.493 e. The number of ether oxygens (including phenoxy) is 2. The van der Waals surface area contributed by atoms with Crippen molar-refractivity contribution in [2.75, 3.05) is 25.6 Å². The van der Waals surface area contributed by atoms with E-state index >= 15 is 0 Å². The van der Waals surface area contributed by atoms with E-state index in [1.165, 1.54) is 7.11 Å². The van der Waals surface area contributed by atoms with Crippen LogP contribution in [0.3, 0.4) is 0 Å². The summed E-state index contributed by atoms with van der Waals surface area (Å²) in [5.41, 5.74) is 3.28. The van der Waals surface area contributed by atoms with Gasteiger partial charge in [0.15, 0.2) is 0 Å². The van der Waals surface area contributed by atoms with Crippen LogP contribution in [-0.4, -0.2) is 26.2 Å². The van der Waals surface area contributed by atoms with Crippen molar-refractivity contribution in [2.24, 2.45) is 0 Å². The molecule has 2 rings (SSSR count). The summed E-state index contributed by atoms with van der Waals surface area (Å²) in [6.07, 6.45) is 0.777. The predicted molar refractivity (Wildman–Crippen MR) is 97.3 cm³/mol. The molecule has 0 bridgehead atoms. The van der Waals surface area contributed by atoms with Gasteiger partial charge >= 0.3 is 5.97 Å². The molecular formula is C19H22ClNO3. The molecule has 2 aromatic rings. The van der Waals surface area contributed by atoms with Gasteiger partial charge in [0.05, 0.1) is 30.0 Å². The van der Waals surface area contributed by atoms with Gasteiger partial charge in [-0.3, -0.25) is 0 Å². The molecule has 0 aliphatic rings. The predicted octanol–water partition coefficient (Wildman–Crippen LogP) is 4.62. The molecule has 128 valence electrons. The Bertz CT molecular complexity index is 696. The van der Waals surface area contributed by atoms with Gasteiger partial charge in [-0.15, -0.1) is 0 Å². The molecule has 1 N–H and O–H groups in total. The highest BCUT2D eigenvalue weighted by atomic mass is 35.5. The average molecular weight is 348 g/mol. The summed E-state index contributed by atoms with van der Waals surface area (Å²) in [5, 5.41) is 3.69. The van der Waals surface area contributed by atoms with Gasteiger partial charge < -0.3 is 14.8 Å². The van der Waals surface area contributed by atoms with Gasteiger partial charge in [0, 0.05) is 6.54 Å². The zero-order chi connectivity index (χ0) is 17.5. The van der Waals surface area contributed by atoms with E-state index in [1.54, 1.807) is 18.2 Å². The molecule has 4 nitrogen and oxygen atoms in total. The van der Waals surface area contributed by atoms with E-state index in [0.717, 1.165) is 23.3 Å². The minimum absolute atomic E-state index is 0.410. The maximum atomic E-state index is 11.8. The number of carbonyl (C=O) groups excluding carboxylic acids is 1. The van der Waals surface area contributed by atoms with E-state index in [4.69, 9.17) is 21.1 Å². The molecule has 24 heavy (non-hydrogen) atoms. The maximum Gasteiger partial charge on any atom is 0.340 e. The molecule has 0 aliphatic carbocycles. The lowest BCUT2D eigenvalue weighted by Gasteiger charge is -2.14. The van der Waals surface area contributed by atoms with Crippen molar-refractivity contribution < 1.29 is 14.3 Å². The summed E-state index contributed by atoms with van der Waals surface area (Å²) in [6, 6.07) is 11.2. The van der Waals surface area contributed by atoms with Gasteiger partial charge in [0.2, 0.25) is 0 Å². The Morgan fingerprint density at radius 3 is 2.46 bits per heavy atom. The lowest BCUT2D eigenvalue weighted by Crippen LogP contribution is -2.12.